The van der Waals surface area contributed by atoms with Crippen molar-refractivity contribution in [1.29, 1.82) is 0 Å². The van der Waals surface area contributed by atoms with E-state index in [2.05, 4.69) is 89.5 Å². The Morgan fingerprint density at radius 2 is 1.80 bits per heavy atom. The first-order chi connectivity index (χ1) is 16.8. The SMILES string of the molecule is Cc1ccc2[nH]c(=O)c([C@H](c3nnnn3C(C)(C)C)N3CCC(Cc4ccccc4)CC3)cc2c1. The average molecular weight is 471 g/mol. The highest BCUT2D eigenvalue weighted by molar-refractivity contribution is 5.79. The number of H-pyrrole nitrogens is 1. The normalized spacial score (nSPS) is 16.6. The van der Waals surface area contributed by atoms with E-state index < -0.39 is 0 Å². The van der Waals surface area contributed by atoms with Crippen molar-refractivity contribution in [2.45, 2.75) is 58.5 Å². The van der Waals surface area contributed by atoms with Gasteiger partial charge in [-0.15, -0.1) is 5.10 Å². The number of aromatic amines is 1. The Morgan fingerprint density at radius 3 is 2.51 bits per heavy atom. The average Bonchev–Trinajstić information content (AvgIpc) is 3.32. The molecule has 1 saturated heterocycles. The molecular formula is C28H34N6O. The van der Waals surface area contributed by atoms with Gasteiger partial charge in [-0.05, 0) is 106 Å². The first kappa shape index (κ1) is 23.4. The lowest BCUT2D eigenvalue weighted by Crippen LogP contribution is -2.42. The topological polar surface area (TPSA) is 79.7 Å². The molecule has 182 valence electrons. The first-order valence-electron chi connectivity index (χ1n) is 12.5. The molecule has 4 aromatic rings. The minimum atomic E-state index is -0.310. The highest BCUT2D eigenvalue weighted by Crippen LogP contribution is 2.33. The zero-order valence-corrected chi connectivity index (χ0v) is 21.0. The van der Waals surface area contributed by atoms with Crippen molar-refractivity contribution < 1.29 is 0 Å². The number of rotatable bonds is 5. The van der Waals surface area contributed by atoms with Crippen molar-refractivity contribution in [2.75, 3.05) is 13.1 Å². The van der Waals surface area contributed by atoms with Crippen LogP contribution in [0, 0.1) is 12.8 Å². The molecular weight excluding hydrogens is 436 g/mol. The molecule has 1 N–H and O–H groups in total. The number of likely N-dealkylation sites (tertiary alicyclic amines) is 1. The second-order valence-corrected chi connectivity index (χ2v) is 10.8. The maximum Gasteiger partial charge on any atom is 0.253 e. The van der Waals surface area contributed by atoms with Crippen LogP contribution in [0.3, 0.4) is 0 Å². The van der Waals surface area contributed by atoms with Gasteiger partial charge < -0.3 is 4.98 Å². The summed E-state index contributed by atoms with van der Waals surface area (Å²) < 4.78 is 1.87. The van der Waals surface area contributed by atoms with Crippen molar-refractivity contribution in [3.63, 3.8) is 0 Å². The van der Waals surface area contributed by atoms with Crippen LogP contribution in [-0.2, 0) is 12.0 Å². The molecule has 3 heterocycles. The zero-order chi connectivity index (χ0) is 24.6. The van der Waals surface area contributed by atoms with E-state index in [1.807, 2.05) is 22.9 Å². The Hall–Kier alpha value is -3.32. The summed E-state index contributed by atoms with van der Waals surface area (Å²) in [5, 5.41) is 13.8. The second-order valence-electron chi connectivity index (χ2n) is 10.8. The van der Waals surface area contributed by atoms with E-state index in [9.17, 15) is 4.79 Å². The molecule has 35 heavy (non-hydrogen) atoms. The predicted molar refractivity (Wildman–Crippen MR) is 138 cm³/mol. The maximum absolute atomic E-state index is 13.4. The number of hydrogen-bond donors (Lipinski definition) is 1. The number of piperidine rings is 1. The minimum Gasteiger partial charge on any atom is -0.322 e. The molecule has 7 nitrogen and oxygen atoms in total. The van der Waals surface area contributed by atoms with Crippen LogP contribution >= 0.6 is 0 Å². The zero-order valence-electron chi connectivity index (χ0n) is 21.0. The Morgan fingerprint density at radius 1 is 1.06 bits per heavy atom. The fourth-order valence-corrected chi connectivity index (χ4v) is 5.25. The van der Waals surface area contributed by atoms with Gasteiger partial charge in [-0.2, -0.15) is 0 Å². The van der Waals surface area contributed by atoms with Gasteiger partial charge >= 0.3 is 0 Å². The molecule has 0 amide bonds. The lowest BCUT2D eigenvalue weighted by molar-refractivity contribution is 0.138. The van der Waals surface area contributed by atoms with E-state index >= 15 is 0 Å². The lowest BCUT2D eigenvalue weighted by atomic mass is 9.88. The van der Waals surface area contributed by atoms with Crippen molar-refractivity contribution >= 4 is 10.9 Å². The molecule has 2 aromatic carbocycles. The van der Waals surface area contributed by atoms with Gasteiger partial charge in [-0.1, -0.05) is 42.0 Å². The van der Waals surface area contributed by atoms with Crippen molar-refractivity contribution in [2.24, 2.45) is 5.92 Å². The number of tetrazole rings is 1. The van der Waals surface area contributed by atoms with Crippen LogP contribution in [0.1, 0.15) is 62.2 Å². The van der Waals surface area contributed by atoms with Crippen molar-refractivity contribution in [3.8, 4) is 0 Å². The molecule has 0 bridgehead atoms. The van der Waals surface area contributed by atoms with Gasteiger partial charge in [0.25, 0.3) is 5.56 Å². The van der Waals surface area contributed by atoms with Crippen LogP contribution in [0.2, 0.25) is 0 Å². The molecule has 2 aromatic heterocycles. The second kappa shape index (κ2) is 9.38. The quantitative estimate of drug-likeness (QED) is 0.460. The Bertz CT molecular complexity index is 1360. The number of pyridine rings is 1. The number of aromatic nitrogens is 5. The molecule has 0 unspecified atom stereocenters. The number of nitrogens with one attached hydrogen (secondary N) is 1. The molecule has 1 aliphatic rings. The van der Waals surface area contributed by atoms with Crippen LogP contribution in [0.15, 0.2) is 59.4 Å². The van der Waals surface area contributed by atoms with E-state index in [1.54, 1.807) is 0 Å². The number of fused-ring (bicyclic) bond motifs is 1. The third-order valence-corrected chi connectivity index (χ3v) is 7.08. The summed E-state index contributed by atoms with van der Waals surface area (Å²) in [6.45, 7) is 10.1. The van der Waals surface area contributed by atoms with Crippen LogP contribution < -0.4 is 5.56 Å². The summed E-state index contributed by atoms with van der Waals surface area (Å²) in [7, 11) is 0. The standard InChI is InChI=1S/C28H34N6O/c1-19-10-11-24-22(16-19)18-23(27(35)29-24)25(26-30-31-32-34(26)28(2,3)4)33-14-12-21(13-15-33)17-20-8-6-5-7-9-20/h5-11,16,18,21,25H,12-15,17H2,1-4H3,(H,29,35)/t25-/m1/s1. The largest absolute Gasteiger partial charge is 0.322 e. The molecule has 1 aliphatic heterocycles. The van der Waals surface area contributed by atoms with E-state index in [0.717, 1.165) is 54.6 Å². The lowest BCUT2D eigenvalue weighted by Gasteiger charge is -2.37. The molecule has 5 rings (SSSR count). The van der Waals surface area contributed by atoms with E-state index in [1.165, 1.54) is 5.56 Å². The van der Waals surface area contributed by atoms with Crippen LogP contribution in [-0.4, -0.2) is 43.2 Å². The maximum atomic E-state index is 13.4. The van der Waals surface area contributed by atoms with E-state index in [-0.39, 0.29) is 17.1 Å². The van der Waals surface area contributed by atoms with Crippen LogP contribution in [0.5, 0.6) is 0 Å². The van der Waals surface area contributed by atoms with Gasteiger partial charge in [0.1, 0.15) is 6.04 Å². The molecule has 7 heteroatoms. The number of hydrogen-bond acceptors (Lipinski definition) is 5. The van der Waals surface area contributed by atoms with Gasteiger partial charge in [0, 0.05) is 11.1 Å². The Kier molecular flexibility index (Phi) is 6.28. The van der Waals surface area contributed by atoms with Gasteiger partial charge in [-0.25, -0.2) is 4.68 Å². The summed E-state index contributed by atoms with van der Waals surface area (Å²) >= 11 is 0. The third kappa shape index (κ3) is 4.91. The molecule has 1 atom stereocenters. The summed E-state index contributed by atoms with van der Waals surface area (Å²) in [4.78, 5) is 18.9. The van der Waals surface area contributed by atoms with E-state index in [4.69, 9.17) is 0 Å². The van der Waals surface area contributed by atoms with Crippen molar-refractivity contribution in [3.05, 3.63) is 87.5 Å². The third-order valence-electron chi connectivity index (χ3n) is 7.08. The summed E-state index contributed by atoms with van der Waals surface area (Å²) in [5.74, 6) is 1.35. The Balaban J connectivity index is 1.51. The monoisotopic (exact) mass is 470 g/mol. The number of aryl methyl sites for hydroxylation is 1. The van der Waals surface area contributed by atoms with Crippen LogP contribution in [0.4, 0.5) is 0 Å². The summed E-state index contributed by atoms with van der Waals surface area (Å²) in [6, 6.07) is 18.5. The molecule has 0 aliphatic carbocycles. The Labute approximate surface area is 206 Å². The number of benzene rings is 2. The van der Waals surface area contributed by atoms with Crippen LogP contribution in [0.25, 0.3) is 10.9 Å². The number of nitrogens with zero attached hydrogens (tertiary/aromatic N) is 5. The molecule has 0 radical (unpaired) electrons. The summed E-state index contributed by atoms with van der Waals surface area (Å²) in [6.07, 6.45) is 3.25. The van der Waals surface area contributed by atoms with Gasteiger partial charge in [0.2, 0.25) is 0 Å². The molecule has 0 saturated carbocycles. The molecule has 1 fully saturated rings. The fourth-order valence-electron chi connectivity index (χ4n) is 5.25. The minimum absolute atomic E-state index is 0.0822. The highest BCUT2D eigenvalue weighted by atomic mass is 16.1. The summed E-state index contributed by atoms with van der Waals surface area (Å²) in [5.41, 5.74) is 3.71. The van der Waals surface area contributed by atoms with Gasteiger partial charge in [0.05, 0.1) is 5.54 Å². The predicted octanol–water partition coefficient (Wildman–Crippen LogP) is 4.62. The van der Waals surface area contributed by atoms with Gasteiger partial charge in [-0.3, -0.25) is 9.69 Å². The highest BCUT2D eigenvalue weighted by Gasteiger charge is 2.35. The first-order valence-corrected chi connectivity index (χ1v) is 12.5. The van der Waals surface area contributed by atoms with Gasteiger partial charge in [0.15, 0.2) is 5.82 Å². The smallest absolute Gasteiger partial charge is 0.253 e. The molecule has 0 spiro atoms. The fraction of sp³-hybridized carbons (Fsp3) is 0.429. The van der Waals surface area contributed by atoms with Crippen molar-refractivity contribution in [1.82, 2.24) is 30.1 Å². The van der Waals surface area contributed by atoms with E-state index in [0.29, 0.717) is 11.5 Å².